The Labute approximate surface area is 442 Å². The Balaban J connectivity index is 1.85. The lowest BCUT2D eigenvalue weighted by atomic mass is 10.1. The number of hydrogen-bond donors (Lipinski definition) is 6. The summed E-state index contributed by atoms with van der Waals surface area (Å²) >= 11 is 0. The maximum Gasteiger partial charge on any atom is 0.481 e. The molecule has 2 unspecified atom stereocenters. The van der Waals surface area contributed by atoms with Gasteiger partial charge in [-0.05, 0) is 96.0 Å². The number of aromatic nitrogens is 2. The molecule has 418 valence electrons. The van der Waals surface area contributed by atoms with Gasteiger partial charge in [-0.3, -0.25) is 23.2 Å². The van der Waals surface area contributed by atoms with Gasteiger partial charge in [0, 0.05) is 19.0 Å². The number of nitrogens with zero attached hydrogens (tertiary/aromatic N) is 2. The van der Waals surface area contributed by atoms with Crippen molar-refractivity contribution < 1.29 is 71.4 Å². The van der Waals surface area contributed by atoms with Gasteiger partial charge in [0.15, 0.2) is 12.3 Å². The van der Waals surface area contributed by atoms with E-state index in [2.05, 4.69) is 89.1 Å². The topological polar surface area (TPSA) is 286 Å². The number of phosphoric ester groups is 2. The van der Waals surface area contributed by atoms with Gasteiger partial charge in [-0.2, -0.15) is 9.29 Å². The fourth-order valence-corrected chi connectivity index (χ4v) is 8.73. The molecule has 1 aliphatic heterocycles. The zero-order valence-corrected chi connectivity index (χ0v) is 45.2. The molecule has 0 saturated carbocycles. The number of hydrogen-bond acceptors (Lipinski definition) is 16. The summed E-state index contributed by atoms with van der Waals surface area (Å²) in [6.07, 6.45) is 45.2. The molecule has 21 heteroatoms. The minimum atomic E-state index is -5.46. The number of phosphoric acid groups is 2. The monoisotopic (exact) mass is 1090 g/mol. The largest absolute Gasteiger partial charge is 0.481 e. The van der Waals surface area contributed by atoms with Crippen LogP contribution in [0.3, 0.4) is 0 Å². The molecule has 1 saturated heterocycles. The second-order valence-corrected chi connectivity index (χ2v) is 20.1. The predicted octanol–water partition coefficient (Wildman–Crippen LogP) is 9.74. The van der Waals surface area contributed by atoms with E-state index in [-0.39, 0.29) is 18.7 Å². The van der Waals surface area contributed by atoms with E-state index >= 15 is 0 Å². The minimum Gasteiger partial charge on any atom is -0.462 e. The van der Waals surface area contributed by atoms with Crippen LogP contribution < -0.4 is 11.4 Å². The standard InChI is InChI=1S/C54H81N3O16P2/c1-3-5-6-7-8-9-10-11-12-13-14-15-16-20-23-26-29-32-35-38-49(59)68-42-46(71-50(60)39-36-33-30-27-24-21-18-17-19-22-25-28-31-34-37-45(58)4-2)43-69-74(64,65)73-75(66,67)70-44-47-51(61)52(62)53(72-47)57-41-40-48(55)56-54(57)63/h5-6,8-9,11-12,14-15,18-23,27-28,30-31,34,37,40-41,45-47,51-53,58,61-62H,3-4,7,10,13,16-17,24-26,29,32-33,35-36,38-39,42-44H2,1-2H3,(H,64,65)(H,66,67)(H2,55,56,63)/b6-5-,9-8-,12-11-,15-14-,21-18-,22-19-,23-20-,30-27-,31-28-,37-34+/t45-,46-,47-,51-,52-,53-/m1/s1. The number of nitrogens with two attached hydrogens (primary N) is 1. The van der Waals surface area contributed by atoms with E-state index in [1.807, 2.05) is 49.5 Å². The molecule has 8 atom stereocenters. The van der Waals surface area contributed by atoms with Crippen molar-refractivity contribution in [3.63, 3.8) is 0 Å². The van der Waals surface area contributed by atoms with Crippen LogP contribution in [0, 0.1) is 0 Å². The summed E-state index contributed by atoms with van der Waals surface area (Å²) in [6, 6.07) is 1.24. The number of carbonyl (C=O) groups excluding carboxylic acids is 2. The molecule has 0 spiro atoms. The molecule has 2 heterocycles. The lowest BCUT2D eigenvalue weighted by molar-refractivity contribution is -0.161. The Morgan fingerprint density at radius 2 is 1.24 bits per heavy atom. The number of aliphatic hydroxyl groups is 3. The van der Waals surface area contributed by atoms with E-state index < -0.39 is 89.8 Å². The first-order chi connectivity index (χ1) is 36.1. The van der Waals surface area contributed by atoms with Crippen molar-refractivity contribution in [1.29, 1.82) is 0 Å². The molecule has 1 aromatic heterocycles. The van der Waals surface area contributed by atoms with Gasteiger partial charge in [0.25, 0.3) is 0 Å². The van der Waals surface area contributed by atoms with Crippen LogP contribution in [0.2, 0.25) is 0 Å². The minimum absolute atomic E-state index is 0.0577. The molecule has 7 N–H and O–H groups in total. The fraction of sp³-hybridized carbons (Fsp3) is 0.519. The van der Waals surface area contributed by atoms with Gasteiger partial charge in [0.05, 0.1) is 19.3 Å². The second kappa shape index (κ2) is 40.4. The van der Waals surface area contributed by atoms with E-state index in [0.29, 0.717) is 32.1 Å². The molecule has 19 nitrogen and oxygen atoms in total. The van der Waals surface area contributed by atoms with Gasteiger partial charge in [0.1, 0.15) is 30.7 Å². The Hall–Kier alpha value is -4.88. The molecule has 0 radical (unpaired) electrons. The van der Waals surface area contributed by atoms with Crippen LogP contribution in [0.25, 0.3) is 0 Å². The molecule has 75 heavy (non-hydrogen) atoms. The third kappa shape index (κ3) is 33.0. The average molecular weight is 1090 g/mol. The molecule has 0 amide bonds. The maximum atomic E-state index is 12.9. The first-order valence-corrected chi connectivity index (χ1v) is 28.6. The zero-order valence-electron chi connectivity index (χ0n) is 43.4. The zero-order chi connectivity index (χ0) is 55.0. The molecule has 0 bridgehead atoms. The number of unbranched alkanes of at least 4 members (excludes halogenated alkanes) is 4. The number of aliphatic hydroxyl groups excluding tert-OH is 3. The highest BCUT2D eigenvalue weighted by atomic mass is 31.3. The van der Waals surface area contributed by atoms with Crippen molar-refractivity contribution in [3.8, 4) is 0 Å². The number of carbonyl (C=O) groups is 2. The molecule has 0 aromatic carbocycles. The van der Waals surface area contributed by atoms with Gasteiger partial charge < -0.3 is 45.1 Å². The predicted molar refractivity (Wildman–Crippen MR) is 290 cm³/mol. The smallest absolute Gasteiger partial charge is 0.462 e. The van der Waals surface area contributed by atoms with E-state index in [4.69, 9.17) is 29.0 Å². The van der Waals surface area contributed by atoms with Crippen molar-refractivity contribution in [3.05, 3.63) is 144 Å². The first kappa shape index (κ1) is 66.2. The summed E-state index contributed by atoms with van der Waals surface area (Å²) < 4.78 is 56.7. The van der Waals surface area contributed by atoms with Crippen LogP contribution in [-0.4, -0.2) is 96.9 Å². The van der Waals surface area contributed by atoms with Crippen molar-refractivity contribution in [2.24, 2.45) is 0 Å². The molecule has 0 aliphatic carbocycles. The fourth-order valence-electron chi connectivity index (χ4n) is 6.62. The lowest BCUT2D eigenvalue weighted by Crippen LogP contribution is -2.36. The van der Waals surface area contributed by atoms with Gasteiger partial charge in [0.2, 0.25) is 0 Å². The van der Waals surface area contributed by atoms with Crippen LogP contribution >= 0.6 is 15.6 Å². The highest BCUT2D eigenvalue weighted by Gasteiger charge is 2.46. The quantitative estimate of drug-likeness (QED) is 0.0117. The lowest BCUT2D eigenvalue weighted by Gasteiger charge is -2.21. The van der Waals surface area contributed by atoms with Crippen molar-refractivity contribution in [2.45, 2.75) is 160 Å². The normalized spacial score (nSPS) is 20.2. The molecule has 1 aliphatic rings. The number of nitrogen functional groups attached to an aromatic ring is 1. The summed E-state index contributed by atoms with van der Waals surface area (Å²) in [4.78, 5) is 61.9. The molecular formula is C54H81N3O16P2. The highest BCUT2D eigenvalue weighted by Crippen LogP contribution is 2.60. The SMILES string of the molecule is CC/C=C\C/C=C\C/C=C\C/C=C\C/C=C\CCCCCC(=O)OC[C@H](COP(=O)(O)OP(=O)(O)OC[C@H]1O[C@@H](n2ccc(N)nc2=O)[C@H](O)[C@@H]1O)OC(=O)CCC/C=C\C/C=C\C/C=C\C/C=C\C=C\[C@H](O)CC. The van der Waals surface area contributed by atoms with E-state index in [1.54, 1.807) is 6.08 Å². The summed E-state index contributed by atoms with van der Waals surface area (Å²) in [5.74, 6) is -1.45. The Bertz CT molecular complexity index is 2250. The molecule has 1 fully saturated rings. The molecule has 2 rings (SSSR count). The first-order valence-electron chi connectivity index (χ1n) is 25.7. The van der Waals surface area contributed by atoms with Crippen molar-refractivity contribution in [1.82, 2.24) is 9.55 Å². The number of ether oxygens (including phenoxy) is 3. The van der Waals surface area contributed by atoms with E-state index in [9.17, 15) is 48.6 Å². The van der Waals surface area contributed by atoms with Crippen LogP contribution in [0.15, 0.2) is 139 Å². The summed E-state index contributed by atoms with van der Waals surface area (Å²) in [5, 5.41) is 30.4. The third-order valence-corrected chi connectivity index (χ3v) is 13.3. The maximum absolute atomic E-state index is 12.9. The third-order valence-electron chi connectivity index (χ3n) is 10.7. The summed E-state index contributed by atoms with van der Waals surface area (Å²) in [5.41, 5.74) is 4.57. The van der Waals surface area contributed by atoms with Crippen LogP contribution in [-0.2, 0) is 46.3 Å². The Morgan fingerprint density at radius 1 is 0.707 bits per heavy atom. The number of allylic oxidation sites excluding steroid dienone is 19. The molecular weight excluding hydrogens is 1010 g/mol. The Kier molecular flexibility index (Phi) is 35.7. The van der Waals surface area contributed by atoms with E-state index in [1.165, 1.54) is 6.07 Å². The summed E-state index contributed by atoms with van der Waals surface area (Å²) in [6.45, 7) is 1.60. The van der Waals surface area contributed by atoms with Gasteiger partial charge in [-0.15, -0.1) is 0 Å². The van der Waals surface area contributed by atoms with Gasteiger partial charge in [-0.1, -0.05) is 142 Å². The molecule has 1 aromatic rings. The number of rotatable bonds is 40. The Morgan fingerprint density at radius 3 is 1.81 bits per heavy atom. The second-order valence-electron chi connectivity index (χ2n) is 17.1. The number of esters is 2. The highest BCUT2D eigenvalue weighted by molar-refractivity contribution is 7.61. The van der Waals surface area contributed by atoms with Crippen LogP contribution in [0.5, 0.6) is 0 Å². The van der Waals surface area contributed by atoms with Crippen LogP contribution in [0.4, 0.5) is 5.82 Å². The van der Waals surface area contributed by atoms with Crippen molar-refractivity contribution in [2.75, 3.05) is 25.6 Å². The van der Waals surface area contributed by atoms with Crippen molar-refractivity contribution >= 4 is 33.4 Å². The average Bonchev–Trinajstić information content (AvgIpc) is 3.65. The van der Waals surface area contributed by atoms with Gasteiger partial charge >= 0.3 is 33.3 Å². The number of anilines is 1. The summed E-state index contributed by atoms with van der Waals surface area (Å²) in [7, 11) is -10.9. The van der Waals surface area contributed by atoms with Crippen LogP contribution in [0.1, 0.15) is 129 Å². The van der Waals surface area contributed by atoms with E-state index in [0.717, 1.165) is 75.0 Å². The van der Waals surface area contributed by atoms with Gasteiger partial charge in [-0.25, -0.2) is 13.9 Å².